The number of ether oxygens (including phenoxy) is 1. The highest BCUT2D eigenvalue weighted by Crippen LogP contribution is 2.22. The van der Waals surface area contributed by atoms with E-state index in [1.165, 1.54) is 0 Å². The van der Waals surface area contributed by atoms with E-state index in [1.54, 1.807) is 0 Å². The minimum atomic E-state index is -0.0991. The zero-order chi connectivity index (χ0) is 16.7. The van der Waals surface area contributed by atoms with Crippen molar-refractivity contribution in [3.05, 3.63) is 59.1 Å². The minimum Gasteiger partial charge on any atom is -0.492 e. The molecule has 23 heavy (non-hydrogen) atoms. The summed E-state index contributed by atoms with van der Waals surface area (Å²) in [6.45, 7) is 3.42. The second-order valence-corrected chi connectivity index (χ2v) is 5.84. The fraction of sp³-hybridized carbons (Fsp3) is 0.278. The van der Waals surface area contributed by atoms with Gasteiger partial charge in [-0.25, -0.2) is 0 Å². The number of hydrogen-bond acceptors (Lipinski definition) is 3. The highest BCUT2D eigenvalue weighted by Gasteiger charge is 2.09. The summed E-state index contributed by atoms with van der Waals surface area (Å²) in [6, 6.07) is 15.2. The predicted octanol–water partition coefficient (Wildman–Crippen LogP) is 3.60. The summed E-state index contributed by atoms with van der Waals surface area (Å²) in [5.74, 6) is 0.731. The first-order valence-electron chi connectivity index (χ1n) is 7.47. The molecule has 0 aliphatic heterocycles. The van der Waals surface area contributed by atoms with E-state index in [1.807, 2.05) is 67.4 Å². The lowest BCUT2D eigenvalue weighted by molar-refractivity contribution is -0.117. The predicted molar refractivity (Wildman–Crippen MR) is 94.3 cm³/mol. The Bertz CT molecular complexity index is 647. The molecule has 1 N–H and O–H groups in total. The van der Waals surface area contributed by atoms with Crippen molar-refractivity contribution in [1.82, 2.24) is 4.90 Å². The third kappa shape index (κ3) is 5.93. The minimum absolute atomic E-state index is 0.0991. The molecule has 0 aliphatic rings. The molecule has 2 aromatic rings. The van der Waals surface area contributed by atoms with Gasteiger partial charge in [-0.15, -0.1) is 0 Å². The van der Waals surface area contributed by atoms with Crippen LogP contribution in [0.4, 0.5) is 5.69 Å². The number of likely N-dealkylation sites (N-methyl/N-ethyl adjacent to an activating group) is 1. The van der Waals surface area contributed by atoms with Gasteiger partial charge < -0.3 is 10.1 Å². The number of aryl methyl sites for hydroxylation is 1. The number of carbonyl (C=O) groups excluding carboxylic acids is 1. The highest BCUT2D eigenvalue weighted by atomic mass is 35.5. The SMILES string of the molecule is Cc1ccc(NC(=O)CN(C)CCOc2ccccc2)c(Cl)c1. The fourth-order valence-electron chi connectivity index (χ4n) is 2.07. The number of rotatable bonds is 7. The number of amides is 1. The maximum atomic E-state index is 12.0. The maximum absolute atomic E-state index is 12.0. The second-order valence-electron chi connectivity index (χ2n) is 5.43. The van der Waals surface area contributed by atoms with Crippen LogP contribution in [0, 0.1) is 6.92 Å². The van der Waals surface area contributed by atoms with Crippen LogP contribution in [-0.2, 0) is 4.79 Å². The number of nitrogens with one attached hydrogen (secondary N) is 1. The van der Waals surface area contributed by atoms with E-state index in [2.05, 4.69) is 5.32 Å². The molecule has 0 unspecified atom stereocenters. The van der Waals surface area contributed by atoms with Crippen LogP contribution in [0.3, 0.4) is 0 Å². The summed E-state index contributed by atoms with van der Waals surface area (Å²) in [7, 11) is 1.88. The van der Waals surface area contributed by atoms with Crippen molar-refractivity contribution in [2.24, 2.45) is 0 Å². The zero-order valence-corrected chi connectivity index (χ0v) is 14.1. The lowest BCUT2D eigenvalue weighted by Crippen LogP contribution is -2.33. The normalized spacial score (nSPS) is 10.6. The standard InChI is InChI=1S/C18H21ClN2O2/c1-14-8-9-17(16(19)12-14)20-18(22)13-21(2)10-11-23-15-6-4-3-5-7-15/h3-9,12H,10-11,13H2,1-2H3,(H,20,22). The molecule has 122 valence electrons. The van der Waals surface area contributed by atoms with Gasteiger partial charge >= 0.3 is 0 Å². The third-order valence-electron chi connectivity index (χ3n) is 3.30. The molecule has 0 radical (unpaired) electrons. The van der Waals surface area contributed by atoms with E-state index in [-0.39, 0.29) is 12.5 Å². The van der Waals surface area contributed by atoms with E-state index in [0.717, 1.165) is 11.3 Å². The highest BCUT2D eigenvalue weighted by molar-refractivity contribution is 6.33. The van der Waals surface area contributed by atoms with E-state index in [9.17, 15) is 4.79 Å². The second kappa shape index (κ2) is 8.56. The largest absolute Gasteiger partial charge is 0.492 e. The van der Waals surface area contributed by atoms with Gasteiger partial charge in [0.05, 0.1) is 17.3 Å². The van der Waals surface area contributed by atoms with Crippen LogP contribution < -0.4 is 10.1 Å². The first kappa shape index (κ1) is 17.3. The molecule has 0 atom stereocenters. The number of para-hydroxylation sites is 1. The zero-order valence-electron chi connectivity index (χ0n) is 13.4. The Kier molecular flexibility index (Phi) is 6.44. The average Bonchev–Trinajstić information content (AvgIpc) is 2.51. The number of anilines is 1. The van der Waals surface area contributed by atoms with Crippen LogP contribution >= 0.6 is 11.6 Å². The Labute approximate surface area is 142 Å². The van der Waals surface area contributed by atoms with Crippen molar-refractivity contribution in [1.29, 1.82) is 0 Å². The summed E-state index contributed by atoms with van der Waals surface area (Å²) in [5.41, 5.74) is 1.69. The van der Waals surface area contributed by atoms with Gasteiger partial charge in [-0.05, 0) is 43.8 Å². The summed E-state index contributed by atoms with van der Waals surface area (Å²) < 4.78 is 5.61. The Morgan fingerprint density at radius 3 is 2.65 bits per heavy atom. The molecule has 1 amide bonds. The summed E-state index contributed by atoms with van der Waals surface area (Å²) in [4.78, 5) is 13.9. The lowest BCUT2D eigenvalue weighted by atomic mass is 10.2. The number of hydrogen-bond donors (Lipinski definition) is 1. The van der Waals surface area contributed by atoms with Gasteiger partial charge in [0.2, 0.25) is 5.91 Å². The Hall–Kier alpha value is -2.04. The van der Waals surface area contributed by atoms with Crippen LogP contribution in [0.2, 0.25) is 5.02 Å². The summed E-state index contributed by atoms with van der Waals surface area (Å²) in [5, 5.41) is 3.37. The number of halogens is 1. The van der Waals surface area contributed by atoms with Gasteiger partial charge in [-0.1, -0.05) is 35.9 Å². The summed E-state index contributed by atoms with van der Waals surface area (Å²) in [6.07, 6.45) is 0. The van der Waals surface area contributed by atoms with Gasteiger partial charge in [0.15, 0.2) is 0 Å². The lowest BCUT2D eigenvalue weighted by Gasteiger charge is -2.17. The van der Waals surface area contributed by atoms with Gasteiger partial charge in [-0.2, -0.15) is 0 Å². The molecular formula is C18H21ClN2O2. The molecule has 0 saturated heterocycles. The van der Waals surface area contributed by atoms with Crippen LogP contribution in [0.5, 0.6) is 5.75 Å². The van der Waals surface area contributed by atoms with Crippen LogP contribution in [0.15, 0.2) is 48.5 Å². The van der Waals surface area contributed by atoms with Crippen molar-refractivity contribution in [2.45, 2.75) is 6.92 Å². The molecule has 0 spiro atoms. The smallest absolute Gasteiger partial charge is 0.238 e. The average molecular weight is 333 g/mol. The van der Waals surface area contributed by atoms with Gasteiger partial charge in [-0.3, -0.25) is 9.69 Å². The van der Waals surface area contributed by atoms with Crippen LogP contribution in [-0.4, -0.2) is 37.6 Å². The van der Waals surface area contributed by atoms with Gasteiger partial charge in [0.25, 0.3) is 0 Å². The van der Waals surface area contributed by atoms with E-state index in [4.69, 9.17) is 16.3 Å². The number of carbonyl (C=O) groups is 1. The summed E-state index contributed by atoms with van der Waals surface area (Å²) >= 11 is 6.11. The molecular weight excluding hydrogens is 312 g/mol. The van der Waals surface area contributed by atoms with Crippen molar-refractivity contribution >= 4 is 23.2 Å². The fourth-order valence-corrected chi connectivity index (χ4v) is 2.35. The van der Waals surface area contributed by atoms with Crippen LogP contribution in [0.1, 0.15) is 5.56 Å². The maximum Gasteiger partial charge on any atom is 0.238 e. The molecule has 0 saturated carbocycles. The third-order valence-corrected chi connectivity index (χ3v) is 3.61. The van der Waals surface area contributed by atoms with E-state index < -0.39 is 0 Å². The molecule has 0 aromatic heterocycles. The molecule has 0 fully saturated rings. The molecule has 2 aromatic carbocycles. The van der Waals surface area contributed by atoms with Crippen molar-refractivity contribution < 1.29 is 9.53 Å². The Morgan fingerprint density at radius 1 is 1.22 bits per heavy atom. The van der Waals surface area contributed by atoms with Crippen molar-refractivity contribution in [2.75, 3.05) is 32.1 Å². The van der Waals surface area contributed by atoms with Crippen molar-refractivity contribution in [3.8, 4) is 5.75 Å². The van der Waals surface area contributed by atoms with E-state index in [0.29, 0.717) is 23.9 Å². The molecule has 0 heterocycles. The Morgan fingerprint density at radius 2 is 1.96 bits per heavy atom. The molecule has 2 rings (SSSR count). The molecule has 5 heteroatoms. The molecule has 0 aliphatic carbocycles. The van der Waals surface area contributed by atoms with Gasteiger partial charge in [0.1, 0.15) is 12.4 Å². The Balaban J connectivity index is 1.74. The topological polar surface area (TPSA) is 41.6 Å². The molecule has 4 nitrogen and oxygen atoms in total. The van der Waals surface area contributed by atoms with Gasteiger partial charge in [0, 0.05) is 6.54 Å². The first-order chi connectivity index (χ1) is 11.0. The number of benzene rings is 2. The van der Waals surface area contributed by atoms with E-state index >= 15 is 0 Å². The number of nitrogens with zero attached hydrogens (tertiary/aromatic N) is 1. The van der Waals surface area contributed by atoms with Crippen LogP contribution in [0.25, 0.3) is 0 Å². The first-order valence-corrected chi connectivity index (χ1v) is 7.85. The van der Waals surface area contributed by atoms with Crippen molar-refractivity contribution in [3.63, 3.8) is 0 Å². The molecule has 0 bridgehead atoms. The monoisotopic (exact) mass is 332 g/mol. The quantitative estimate of drug-likeness (QED) is 0.842.